The SMILES string of the molecule is CC1CCC(C)N(C2(CN)CC3CCC2C3)C1. The molecule has 3 fully saturated rings. The van der Waals surface area contributed by atoms with Gasteiger partial charge in [-0.15, -0.1) is 0 Å². The van der Waals surface area contributed by atoms with E-state index in [1.54, 1.807) is 0 Å². The first-order valence-electron chi connectivity index (χ1n) is 7.62. The van der Waals surface area contributed by atoms with Crippen LogP contribution in [0, 0.1) is 17.8 Å². The molecule has 3 rings (SSSR count). The molecular weight excluding hydrogens is 208 g/mol. The molecule has 0 spiro atoms. The molecule has 2 bridgehead atoms. The fourth-order valence-corrected chi connectivity index (χ4v) is 5.04. The van der Waals surface area contributed by atoms with Gasteiger partial charge >= 0.3 is 0 Å². The maximum absolute atomic E-state index is 6.25. The maximum Gasteiger partial charge on any atom is 0.0365 e. The summed E-state index contributed by atoms with van der Waals surface area (Å²) in [6, 6.07) is 0.758. The van der Waals surface area contributed by atoms with E-state index in [0.29, 0.717) is 5.54 Å². The van der Waals surface area contributed by atoms with E-state index < -0.39 is 0 Å². The van der Waals surface area contributed by atoms with Gasteiger partial charge in [-0.25, -0.2) is 0 Å². The largest absolute Gasteiger partial charge is 0.329 e. The molecule has 2 aliphatic carbocycles. The summed E-state index contributed by atoms with van der Waals surface area (Å²) in [6.45, 7) is 7.03. The summed E-state index contributed by atoms with van der Waals surface area (Å²) in [5, 5.41) is 0. The Morgan fingerprint density at radius 1 is 1.18 bits per heavy atom. The molecule has 1 heterocycles. The van der Waals surface area contributed by atoms with Crippen molar-refractivity contribution in [3.05, 3.63) is 0 Å². The van der Waals surface area contributed by atoms with E-state index in [1.165, 1.54) is 45.1 Å². The Balaban J connectivity index is 1.84. The van der Waals surface area contributed by atoms with Gasteiger partial charge in [0.1, 0.15) is 0 Å². The van der Waals surface area contributed by atoms with Gasteiger partial charge in [0.25, 0.3) is 0 Å². The maximum atomic E-state index is 6.25. The second-order valence-electron chi connectivity index (χ2n) is 7.07. The van der Waals surface area contributed by atoms with Gasteiger partial charge in [-0.1, -0.05) is 13.3 Å². The topological polar surface area (TPSA) is 29.3 Å². The molecule has 0 amide bonds. The molecule has 1 saturated heterocycles. The number of likely N-dealkylation sites (tertiary alicyclic amines) is 1. The van der Waals surface area contributed by atoms with Crippen molar-refractivity contribution in [2.24, 2.45) is 23.5 Å². The minimum atomic E-state index is 0.386. The van der Waals surface area contributed by atoms with Crippen molar-refractivity contribution < 1.29 is 0 Å². The number of nitrogens with two attached hydrogens (primary N) is 1. The molecule has 3 aliphatic rings. The van der Waals surface area contributed by atoms with Gasteiger partial charge in [-0.05, 0) is 56.8 Å². The van der Waals surface area contributed by atoms with E-state index in [1.807, 2.05) is 0 Å². The fraction of sp³-hybridized carbons (Fsp3) is 1.00. The third-order valence-corrected chi connectivity index (χ3v) is 5.99. The second-order valence-corrected chi connectivity index (χ2v) is 7.07. The highest BCUT2D eigenvalue weighted by atomic mass is 15.3. The number of nitrogens with zero attached hydrogens (tertiary/aromatic N) is 1. The standard InChI is InChI=1S/C15H28N2/c1-11-3-4-12(2)17(9-11)15(10-16)8-13-5-6-14(15)7-13/h11-14H,3-10,16H2,1-2H3. The summed E-state index contributed by atoms with van der Waals surface area (Å²) in [4.78, 5) is 2.82. The molecule has 0 aromatic carbocycles. The van der Waals surface area contributed by atoms with Crippen LogP contribution < -0.4 is 5.73 Å². The fourth-order valence-electron chi connectivity index (χ4n) is 5.04. The molecule has 0 radical (unpaired) electrons. The number of rotatable bonds is 2. The van der Waals surface area contributed by atoms with Crippen LogP contribution in [0.4, 0.5) is 0 Å². The number of hydrogen-bond donors (Lipinski definition) is 1. The van der Waals surface area contributed by atoms with Gasteiger partial charge in [0.05, 0.1) is 0 Å². The van der Waals surface area contributed by atoms with Gasteiger partial charge in [0, 0.05) is 24.7 Å². The molecule has 1 aliphatic heterocycles. The van der Waals surface area contributed by atoms with Crippen LogP contribution in [0.15, 0.2) is 0 Å². The number of piperidine rings is 1. The zero-order chi connectivity index (χ0) is 12.0. The summed E-state index contributed by atoms with van der Waals surface area (Å²) < 4.78 is 0. The Hall–Kier alpha value is -0.0800. The lowest BCUT2D eigenvalue weighted by molar-refractivity contribution is -0.0235. The van der Waals surface area contributed by atoms with Crippen molar-refractivity contribution in [3.8, 4) is 0 Å². The molecule has 2 nitrogen and oxygen atoms in total. The van der Waals surface area contributed by atoms with Crippen LogP contribution in [0.2, 0.25) is 0 Å². The first kappa shape index (κ1) is 12.0. The lowest BCUT2D eigenvalue weighted by Crippen LogP contribution is -2.62. The van der Waals surface area contributed by atoms with Gasteiger partial charge < -0.3 is 5.73 Å². The molecule has 0 aromatic rings. The lowest BCUT2D eigenvalue weighted by Gasteiger charge is -2.52. The van der Waals surface area contributed by atoms with Crippen molar-refractivity contribution in [2.45, 2.75) is 64.0 Å². The second kappa shape index (κ2) is 4.24. The first-order chi connectivity index (χ1) is 8.15. The van der Waals surface area contributed by atoms with E-state index in [-0.39, 0.29) is 0 Å². The van der Waals surface area contributed by atoms with Crippen molar-refractivity contribution in [1.82, 2.24) is 4.90 Å². The van der Waals surface area contributed by atoms with Crippen LogP contribution in [0.1, 0.15) is 52.4 Å². The highest BCUT2D eigenvalue weighted by Gasteiger charge is 2.54. The van der Waals surface area contributed by atoms with Gasteiger partial charge in [-0.3, -0.25) is 4.90 Å². The lowest BCUT2D eigenvalue weighted by atomic mass is 9.76. The molecule has 2 heteroatoms. The Labute approximate surface area is 106 Å². The van der Waals surface area contributed by atoms with Gasteiger partial charge in [0.2, 0.25) is 0 Å². The average molecular weight is 236 g/mol. The molecule has 5 atom stereocenters. The number of hydrogen-bond acceptors (Lipinski definition) is 2. The van der Waals surface area contributed by atoms with E-state index in [2.05, 4.69) is 18.7 Å². The van der Waals surface area contributed by atoms with Crippen LogP contribution in [0.25, 0.3) is 0 Å². The Morgan fingerprint density at radius 3 is 2.59 bits per heavy atom. The van der Waals surface area contributed by atoms with Crippen LogP contribution in [0.3, 0.4) is 0 Å². The third kappa shape index (κ3) is 1.76. The number of fused-ring (bicyclic) bond motifs is 2. The minimum absolute atomic E-state index is 0.386. The van der Waals surface area contributed by atoms with Crippen molar-refractivity contribution in [2.75, 3.05) is 13.1 Å². The van der Waals surface area contributed by atoms with Crippen molar-refractivity contribution in [3.63, 3.8) is 0 Å². The van der Waals surface area contributed by atoms with Crippen LogP contribution in [-0.2, 0) is 0 Å². The summed E-state index contributed by atoms with van der Waals surface area (Å²) in [5.74, 6) is 2.77. The molecule has 2 N–H and O–H groups in total. The minimum Gasteiger partial charge on any atom is -0.329 e. The molecule has 17 heavy (non-hydrogen) atoms. The van der Waals surface area contributed by atoms with Crippen LogP contribution >= 0.6 is 0 Å². The van der Waals surface area contributed by atoms with Gasteiger partial charge in [-0.2, -0.15) is 0 Å². The van der Waals surface area contributed by atoms with E-state index >= 15 is 0 Å². The predicted molar refractivity (Wildman–Crippen MR) is 71.8 cm³/mol. The third-order valence-electron chi connectivity index (χ3n) is 5.99. The van der Waals surface area contributed by atoms with E-state index in [9.17, 15) is 0 Å². The molecule has 0 aromatic heterocycles. The van der Waals surface area contributed by atoms with E-state index in [4.69, 9.17) is 5.73 Å². The molecule has 2 saturated carbocycles. The summed E-state index contributed by atoms with van der Waals surface area (Å²) >= 11 is 0. The first-order valence-corrected chi connectivity index (χ1v) is 7.62. The Bertz CT molecular complexity index is 291. The summed E-state index contributed by atoms with van der Waals surface area (Å²) in [6.07, 6.45) is 8.57. The van der Waals surface area contributed by atoms with Crippen molar-refractivity contribution in [1.29, 1.82) is 0 Å². The highest BCUT2D eigenvalue weighted by molar-refractivity contribution is 5.09. The zero-order valence-electron chi connectivity index (χ0n) is 11.5. The van der Waals surface area contributed by atoms with Crippen molar-refractivity contribution >= 4 is 0 Å². The average Bonchev–Trinajstić information content (AvgIpc) is 2.92. The molecule has 98 valence electrons. The van der Waals surface area contributed by atoms with Crippen LogP contribution in [-0.4, -0.2) is 29.6 Å². The Morgan fingerprint density at radius 2 is 2.00 bits per heavy atom. The normalized spacial score (nSPS) is 51.0. The monoisotopic (exact) mass is 236 g/mol. The smallest absolute Gasteiger partial charge is 0.0365 e. The Kier molecular flexibility index (Phi) is 2.99. The molecular formula is C15H28N2. The van der Waals surface area contributed by atoms with Gasteiger partial charge in [0.15, 0.2) is 0 Å². The quantitative estimate of drug-likeness (QED) is 0.798. The van der Waals surface area contributed by atoms with E-state index in [0.717, 1.165) is 30.3 Å². The highest BCUT2D eigenvalue weighted by Crippen LogP contribution is 2.54. The summed E-state index contributed by atoms with van der Waals surface area (Å²) in [5.41, 5.74) is 6.64. The zero-order valence-corrected chi connectivity index (χ0v) is 11.5. The molecule has 5 unspecified atom stereocenters. The predicted octanol–water partition coefficient (Wildman–Crippen LogP) is 2.62. The summed E-state index contributed by atoms with van der Waals surface area (Å²) in [7, 11) is 0. The van der Waals surface area contributed by atoms with Crippen LogP contribution in [0.5, 0.6) is 0 Å².